The number of allylic oxidation sites excluding steroid dienone is 1. The highest BCUT2D eigenvalue weighted by Gasteiger charge is 1.94. The molecule has 0 aromatic heterocycles. The Hall–Kier alpha value is -1.63. The first kappa shape index (κ1) is 21.4. The minimum atomic E-state index is -0.158. The lowest BCUT2D eigenvalue weighted by Gasteiger charge is -2.08. The van der Waals surface area contributed by atoms with Crippen molar-refractivity contribution in [3.05, 3.63) is 37.6 Å². The first-order valence-corrected chi connectivity index (χ1v) is 7.89. The van der Waals surface area contributed by atoms with Gasteiger partial charge in [-0.25, -0.2) is 0 Å². The van der Waals surface area contributed by atoms with E-state index in [-0.39, 0.29) is 5.91 Å². The fourth-order valence-electron chi connectivity index (χ4n) is 1.50. The summed E-state index contributed by atoms with van der Waals surface area (Å²) in [5.41, 5.74) is 0.830. The lowest BCUT2D eigenvalue weighted by molar-refractivity contribution is -0.116. The van der Waals surface area contributed by atoms with Crippen LogP contribution in [0.2, 0.25) is 0 Å². The summed E-state index contributed by atoms with van der Waals surface area (Å²) in [5.74, 6) is -0.158. The highest BCUT2D eigenvalue weighted by Crippen LogP contribution is 1.88. The lowest BCUT2D eigenvalue weighted by atomic mass is 10.4. The Morgan fingerprint density at radius 1 is 0.783 bits per heavy atom. The van der Waals surface area contributed by atoms with Crippen molar-refractivity contribution in [1.82, 2.24) is 10.6 Å². The van der Waals surface area contributed by atoms with Crippen LogP contribution in [0.4, 0.5) is 0 Å². The third-order valence-electron chi connectivity index (χ3n) is 2.76. The van der Waals surface area contributed by atoms with Gasteiger partial charge in [-0.2, -0.15) is 0 Å². The van der Waals surface area contributed by atoms with Crippen LogP contribution >= 0.6 is 0 Å². The smallest absolute Gasteiger partial charge is 0.243 e. The SMILES string of the molecule is C=CC(=C)NCCCOCCOCCOCCCNC(=O)C=C. The Morgan fingerprint density at radius 2 is 1.26 bits per heavy atom. The minimum absolute atomic E-state index is 0.158. The van der Waals surface area contributed by atoms with Gasteiger partial charge in [-0.05, 0) is 25.0 Å². The van der Waals surface area contributed by atoms with E-state index in [4.69, 9.17) is 14.2 Å². The van der Waals surface area contributed by atoms with Crippen LogP contribution in [0, 0.1) is 0 Å². The molecule has 132 valence electrons. The van der Waals surface area contributed by atoms with Crippen LogP contribution in [0.5, 0.6) is 0 Å². The monoisotopic (exact) mass is 326 g/mol. The predicted octanol–water partition coefficient (Wildman–Crippen LogP) is 1.41. The van der Waals surface area contributed by atoms with Crippen molar-refractivity contribution in [2.45, 2.75) is 12.8 Å². The number of amides is 1. The maximum atomic E-state index is 10.9. The second-order valence-corrected chi connectivity index (χ2v) is 4.70. The molecule has 1 amide bonds. The zero-order valence-electron chi connectivity index (χ0n) is 14.0. The number of rotatable bonds is 17. The lowest BCUT2D eigenvalue weighted by Crippen LogP contribution is -2.23. The summed E-state index contributed by atoms with van der Waals surface area (Å²) < 4.78 is 16.2. The largest absolute Gasteiger partial charge is 0.385 e. The van der Waals surface area contributed by atoms with Crippen molar-refractivity contribution in [2.75, 3.05) is 52.7 Å². The van der Waals surface area contributed by atoms with Crippen LogP contribution in [0.3, 0.4) is 0 Å². The zero-order chi connectivity index (χ0) is 17.2. The maximum absolute atomic E-state index is 10.9. The van der Waals surface area contributed by atoms with Crippen LogP contribution in [-0.2, 0) is 19.0 Å². The van der Waals surface area contributed by atoms with Gasteiger partial charge < -0.3 is 24.8 Å². The molecular formula is C17H30N2O4. The quantitative estimate of drug-likeness (QED) is 0.240. The second-order valence-electron chi connectivity index (χ2n) is 4.70. The van der Waals surface area contributed by atoms with Crippen LogP contribution in [0.15, 0.2) is 37.6 Å². The molecule has 2 N–H and O–H groups in total. The maximum Gasteiger partial charge on any atom is 0.243 e. The van der Waals surface area contributed by atoms with E-state index in [1.807, 2.05) is 0 Å². The number of hydrogen-bond donors (Lipinski definition) is 2. The second kappa shape index (κ2) is 16.7. The van der Waals surface area contributed by atoms with E-state index in [9.17, 15) is 4.79 Å². The molecule has 0 aromatic rings. The van der Waals surface area contributed by atoms with Crippen molar-refractivity contribution in [3.63, 3.8) is 0 Å². The Kier molecular flexibility index (Phi) is 15.5. The number of carbonyl (C=O) groups is 1. The summed E-state index contributed by atoms with van der Waals surface area (Å²) in [5, 5.41) is 5.80. The Balaban J connectivity index is 3.08. The molecule has 0 atom stereocenters. The van der Waals surface area contributed by atoms with Crippen molar-refractivity contribution in [2.24, 2.45) is 0 Å². The molecule has 6 heteroatoms. The third kappa shape index (κ3) is 16.6. The minimum Gasteiger partial charge on any atom is -0.385 e. The van der Waals surface area contributed by atoms with Crippen molar-refractivity contribution >= 4 is 5.91 Å². The number of ether oxygens (including phenoxy) is 3. The molecule has 0 radical (unpaired) electrons. The fourth-order valence-corrected chi connectivity index (χ4v) is 1.50. The predicted molar refractivity (Wildman–Crippen MR) is 92.2 cm³/mol. The number of nitrogens with one attached hydrogen (secondary N) is 2. The van der Waals surface area contributed by atoms with Gasteiger partial charge in [0.25, 0.3) is 0 Å². The Morgan fingerprint density at radius 3 is 1.74 bits per heavy atom. The zero-order valence-corrected chi connectivity index (χ0v) is 14.0. The molecule has 0 saturated carbocycles. The molecule has 0 aliphatic carbocycles. The highest BCUT2D eigenvalue weighted by atomic mass is 16.5. The number of carbonyl (C=O) groups excluding carboxylic acids is 1. The summed E-state index contributed by atoms with van der Waals surface area (Å²) in [4.78, 5) is 10.9. The fraction of sp³-hybridized carbons (Fsp3) is 0.588. The summed E-state index contributed by atoms with van der Waals surface area (Å²) in [6.07, 6.45) is 4.63. The van der Waals surface area contributed by atoms with Crippen molar-refractivity contribution in [3.8, 4) is 0 Å². The van der Waals surface area contributed by atoms with Gasteiger partial charge in [0.2, 0.25) is 5.91 Å². The van der Waals surface area contributed by atoms with E-state index < -0.39 is 0 Å². The topological polar surface area (TPSA) is 68.8 Å². The van der Waals surface area contributed by atoms with Gasteiger partial charge in [-0.15, -0.1) is 0 Å². The van der Waals surface area contributed by atoms with Gasteiger partial charge in [0, 0.05) is 32.0 Å². The molecule has 0 aliphatic heterocycles. The summed E-state index contributed by atoms with van der Waals surface area (Å²) in [7, 11) is 0. The molecule has 0 bridgehead atoms. The molecule has 6 nitrogen and oxygen atoms in total. The molecule has 0 unspecified atom stereocenters. The molecule has 0 aliphatic rings. The van der Waals surface area contributed by atoms with Gasteiger partial charge in [-0.3, -0.25) is 4.79 Å². The van der Waals surface area contributed by atoms with E-state index >= 15 is 0 Å². The first-order chi connectivity index (χ1) is 11.2. The number of hydrogen-bond acceptors (Lipinski definition) is 5. The molecule has 0 saturated heterocycles. The van der Waals surface area contributed by atoms with Gasteiger partial charge in [0.15, 0.2) is 0 Å². The molecule has 0 spiro atoms. The first-order valence-electron chi connectivity index (χ1n) is 7.89. The summed E-state index contributed by atoms with van der Waals surface area (Å²) in [6.45, 7) is 15.7. The van der Waals surface area contributed by atoms with Crippen LogP contribution in [0.25, 0.3) is 0 Å². The van der Waals surface area contributed by atoms with E-state index in [1.165, 1.54) is 6.08 Å². The average Bonchev–Trinajstić information content (AvgIpc) is 2.57. The summed E-state index contributed by atoms with van der Waals surface area (Å²) >= 11 is 0. The van der Waals surface area contributed by atoms with Gasteiger partial charge in [0.05, 0.1) is 26.4 Å². The van der Waals surface area contributed by atoms with E-state index in [0.29, 0.717) is 46.2 Å². The molecule has 0 aromatic carbocycles. The Bertz CT molecular complexity index is 313. The van der Waals surface area contributed by atoms with Gasteiger partial charge >= 0.3 is 0 Å². The summed E-state index contributed by atoms with van der Waals surface area (Å²) in [6, 6.07) is 0. The highest BCUT2D eigenvalue weighted by molar-refractivity contribution is 5.86. The average molecular weight is 326 g/mol. The van der Waals surface area contributed by atoms with Gasteiger partial charge in [0.1, 0.15) is 0 Å². The van der Waals surface area contributed by atoms with Gasteiger partial charge in [-0.1, -0.05) is 19.7 Å². The van der Waals surface area contributed by atoms with E-state index in [0.717, 1.165) is 25.1 Å². The standard InChI is InChI=1S/C17H30N2O4/c1-4-16(3)18-8-6-10-21-12-14-23-15-13-22-11-7-9-19-17(20)5-2/h4-5,18H,1-3,6-15H2,(H,19,20). The van der Waals surface area contributed by atoms with Crippen LogP contribution in [-0.4, -0.2) is 58.6 Å². The molecule has 0 heterocycles. The van der Waals surface area contributed by atoms with Crippen molar-refractivity contribution in [1.29, 1.82) is 0 Å². The molecule has 0 rings (SSSR count). The third-order valence-corrected chi connectivity index (χ3v) is 2.76. The van der Waals surface area contributed by atoms with Crippen LogP contribution in [0.1, 0.15) is 12.8 Å². The molecule has 23 heavy (non-hydrogen) atoms. The van der Waals surface area contributed by atoms with E-state index in [2.05, 4.69) is 30.4 Å². The van der Waals surface area contributed by atoms with Crippen LogP contribution < -0.4 is 10.6 Å². The Labute approximate surface area is 139 Å². The molecule has 0 fully saturated rings. The van der Waals surface area contributed by atoms with Crippen molar-refractivity contribution < 1.29 is 19.0 Å². The van der Waals surface area contributed by atoms with E-state index in [1.54, 1.807) is 6.08 Å². The normalized spacial score (nSPS) is 10.1. The molecular weight excluding hydrogens is 296 g/mol.